The average Bonchev–Trinajstić information content (AvgIpc) is 1.68. The third-order valence-corrected chi connectivity index (χ3v) is 31.5. The zero-order valence-electron chi connectivity index (χ0n) is 71.4. The zero-order chi connectivity index (χ0) is 83.8. The van der Waals surface area contributed by atoms with E-state index in [2.05, 4.69) is 89.8 Å². The summed E-state index contributed by atoms with van der Waals surface area (Å²) in [6.07, 6.45) is 17.1. The van der Waals surface area contributed by atoms with E-state index < -0.39 is 42.0 Å². The van der Waals surface area contributed by atoms with Gasteiger partial charge in [-0.05, 0) is 204 Å². The Morgan fingerprint density at radius 2 is 0.984 bits per heavy atom. The van der Waals surface area contributed by atoms with Crippen molar-refractivity contribution < 1.29 is 142 Å². The largest absolute Gasteiger partial charge is 1.00 e. The first-order chi connectivity index (χ1) is 55.9. The summed E-state index contributed by atoms with van der Waals surface area (Å²) in [5, 5.41) is 41.7. The maximum absolute atomic E-state index is 12.2. The molecule has 14 aliphatic carbocycles. The average molecular weight is 1920 g/mol. The first-order valence-electron chi connectivity index (χ1n) is 44.4. The van der Waals surface area contributed by atoms with E-state index in [0.29, 0.717) is 84.7 Å². The molecule has 5 amide bonds. The Balaban J connectivity index is 0.000000162. The summed E-state index contributed by atoms with van der Waals surface area (Å²) < 4.78 is 62.3. The lowest BCUT2D eigenvalue weighted by Gasteiger charge is -2.63. The second-order valence-electron chi connectivity index (χ2n) is 41.2. The molecule has 700 valence electrons. The fraction of sp³-hybridized carbons (Fsp3) is 0.784. The molecule has 0 aromatic heterocycles. The van der Waals surface area contributed by atoms with Crippen molar-refractivity contribution in [2.45, 2.75) is 222 Å². The highest BCUT2D eigenvalue weighted by atomic mass is 127. The van der Waals surface area contributed by atoms with E-state index in [-0.39, 0.29) is 188 Å². The Morgan fingerprint density at radius 1 is 0.560 bits per heavy atom. The molecular formula is C88H145B4Cl2IN9O20S+. The van der Waals surface area contributed by atoms with Crippen LogP contribution in [0.3, 0.4) is 0 Å². The summed E-state index contributed by atoms with van der Waals surface area (Å²) in [7, 11) is -6.90. The number of halogens is 3. The predicted molar refractivity (Wildman–Crippen MR) is 472 cm³/mol. The molecule has 2 aromatic carbocycles. The molecule has 29 nitrogen and oxygen atoms in total. The number of likely N-dealkylation sites (tertiary alicyclic amines) is 5. The predicted octanol–water partition coefficient (Wildman–Crippen LogP) is -2.91. The SMILES string of the molecule is C.C.C.C.C1[NH2+]CC2CC12.CC(C)(C)OC(=O)N1CC2CC2C1B(O)O.CC1(C)C2CCC3(COB(C4C5CC5CN4C(=O)C[NH3+])O3)C1C2.CC1(C)C2CCC3(COB(C4[NH2+]CC5CC54)O3)C1C2.CS(=O)(=O)[O-].I.O=C1C2CC2C(=O)N1Cc1ccccc1.O=C1OC(=O)C2CC12.[Cl-].[Cl-].[NH3+]CC(=O)N1CC2CC2C1B(O)O.c1ccc(CN2CC3CC3C2)cc1. The van der Waals surface area contributed by atoms with Gasteiger partial charge in [-0.1, -0.05) is 118 Å². The molecule has 10 heterocycles. The molecule has 14 N–H and O–H groups in total. The van der Waals surface area contributed by atoms with E-state index in [1.807, 2.05) is 35.2 Å². The molecule has 125 heavy (non-hydrogen) atoms. The molecule has 26 unspecified atom stereocenters. The maximum Gasteiger partial charge on any atom is 0.521 e. The smallest absolute Gasteiger partial charge is 0.521 e. The number of fused-ring (bicyclic) bond motifs is 10. The number of nitrogens with zero attached hydrogens (tertiary/aromatic N) is 5. The molecule has 24 aliphatic rings. The summed E-state index contributed by atoms with van der Waals surface area (Å²) in [6.45, 7) is 27.8. The molecule has 10 aliphatic heterocycles. The Bertz CT molecular complexity index is 4140. The van der Waals surface area contributed by atoms with Gasteiger partial charge in [0, 0.05) is 69.2 Å². The van der Waals surface area contributed by atoms with Gasteiger partial charge in [0.05, 0.1) is 102 Å². The van der Waals surface area contributed by atoms with Crippen LogP contribution in [0.2, 0.25) is 0 Å². The minimum absolute atomic E-state index is 0. The molecule has 10 saturated heterocycles. The van der Waals surface area contributed by atoms with Gasteiger partial charge in [-0.15, -0.1) is 24.0 Å². The minimum Gasteiger partial charge on any atom is -1.00 e. The van der Waals surface area contributed by atoms with Crippen molar-refractivity contribution in [2.24, 2.45) is 129 Å². The van der Waals surface area contributed by atoms with Gasteiger partial charge in [0.2, 0.25) is 11.8 Å². The van der Waals surface area contributed by atoms with Crippen LogP contribution in [-0.4, -0.2) is 253 Å². The fourth-order valence-corrected chi connectivity index (χ4v) is 23.8. The van der Waals surface area contributed by atoms with Crippen molar-refractivity contribution >= 4 is 104 Å². The van der Waals surface area contributed by atoms with Gasteiger partial charge >= 0.3 is 46.5 Å². The van der Waals surface area contributed by atoms with E-state index in [0.717, 1.165) is 117 Å². The van der Waals surface area contributed by atoms with E-state index in [1.165, 1.54) is 99.5 Å². The van der Waals surface area contributed by atoms with Gasteiger partial charge in [0.15, 0.2) is 13.1 Å². The van der Waals surface area contributed by atoms with Gasteiger partial charge in [0.1, 0.15) is 11.5 Å². The molecule has 26 atom stereocenters. The highest BCUT2D eigenvalue weighted by Gasteiger charge is 2.71. The quantitative estimate of drug-likeness (QED) is 0.0295. The number of quaternary nitrogens is 4. The van der Waals surface area contributed by atoms with E-state index in [4.69, 9.17) is 46.4 Å². The fourth-order valence-electron chi connectivity index (χ4n) is 23.8. The molecule has 0 radical (unpaired) electrons. The van der Waals surface area contributed by atoms with Crippen LogP contribution in [0.1, 0.15) is 179 Å². The molecule has 2 spiro atoms. The molecule has 26 rings (SSSR count). The number of carbonyl (C=O) groups is 7. The van der Waals surface area contributed by atoms with Crippen LogP contribution >= 0.6 is 24.0 Å². The van der Waals surface area contributed by atoms with Crippen molar-refractivity contribution in [3.8, 4) is 0 Å². The Morgan fingerprint density at radius 3 is 1.39 bits per heavy atom. The van der Waals surface area contributed by atoms with E-state index >= 15 is 0 Å². The van der Waals surface area contributed by atoms with Crippen molar-refractivity contribution in [3.05, 3.63) is 71.8 Å². The van der Waals surface area contributed by atoms with Gasteiger partial charge in [-0.2, -0.15) is 0 Å². The number of carbonyl (C=O) groups excluding carboxylic acids is 7. The number of piperidine rings is 7. The summed E-state index contributed by atoms with van der Waals surface area (Å²) in [6, 6.07) is 20.4. The number of ether oxygens (including phenoxy) is 2. The van der Waals surface area contributed by atoms with Gasteiger partial charge in [-0.3, -0.25) is 38.6 Å². The number of imide groups is 1. The van der Waals surface area contributed by atoms with Crippen LogP contribution in [0.5, 0.6) is 0 Å². The number of rotatable bonds is 10. The van der Waals surface area contributed by atoms with Gasteiger partial charge in [0.25, 0.3) is 11.8 Å². The molecule has 4 bridgehead atoms. The minimum atomic E-state index is -3.92. The number of hydrogen-bond donors (Lipinski definition) is 8. The lowest BCUT2D eigenvalue weighted by Crippen LogP contribution is -3.00. The highest BCUT2D eigenvalue weighted by molar-refractivity contribution is 14.0. The van der Waals surface area contributed by atoms with Crippen LogP contribution in [0.4, 0.5) is 4.79 Å². The van der Waals surface area contributed by atoms with Crippen LogP contribution in [0.25, 0.3) is 0 Å². The lowest BCUT2D eigenvalue weighted by atomic mass is 9.44. The molecule has 2 aromatic rings. The monoisotopic (exact) mass is 1920 g/mol. The lowest BCUT2D eigenvalue weighted by molar-refractivity contribution is -0.663. The number of amides is 5. The highest BCUT2D eigenvalue weighted by Crippen LogP contribution is 2.67. The molecular weight excluding hydrogens is 1780 g/mol. The van der Waals surface area contributed by atoms with Gasteiger partial charge < -0.3 is 114 Å². The third kappa shape index (κ3) is 22.9. The Labute approximate surface area is 772 Å². The summed E-state index contributed by atoms with van der Waals surface area (Å²) >= 11 is 0. The topological polar surface area (TPSA) is 418 Å². The van der Waals surface area contributed by atoms with E-state index in [1.54, 1.807) is 32.1 Å². The normalized spacial score (nSPS) is 37.9. The molecule has 24 fully saturated rings. The summed E-state index contributed by atoms with van der Waals surface area (Å²) in [5.41, 5.74) is 10.1. The Kier molecular flexibility index (Phi) is 34.1. The number of hydrogen-bond acceptors (Lipinski definition) is 21. The zero-order valence-corrected chi connectivity index (χ0v) is 76.1. The molecule has 14 saturated carbocycles. The number of benzene rings is 2. The van der Waals surface area contributed by atoms with E-state index in [9.17, 15) is 43.6 Å². The Hall–Kier alpha value is -4.11. The first-order valence-corrected chi connectivity index (χ1v) is 46.2. The van der Waals surface area contributed by atoms with Crippen molar-refractivity contribution in [2.75, 3.05) is 84.9 Å². The first kappa shape index (κ1) is 105. The second kappa shape index (κ2) is 40.8. The van der Waals surface area contributed by atoms with Crippen molar-refractivity contribution in [1.29, 1.82) is 0 Å². The van der Waals surface area contributed by atoms with Crippen LogP contribution in [0.15, 0.2) is 60.7 Å². The summed E-state index contributed by atoms with van der Waals surface area (Å²) in [5.74, 6) is 11.5. The maximum atomic E-state index is 12.2. The number of cyclic esters (lactones) is 2. The summed E-state index contributed by atoms with van der Waals surface area (Å²) in [4.78, 5) is 88.5. The van der Waals surface area contributed by atoms with Gasteiger partial charge in [-0.25, -0.2) is 13.2 Å². The second-order valence-corrected chi connectivity index (χ2v) is 42.6. The number of esters is 2. The van der Waals surface area contributed by atoms with Crippen molar-refractivity contribution in [1.82, 2.24) is 24.5 Å². The van der Waals surface area contributed by atoms with Crippen LogP contribution < -0.4 is 46.9 Å². The van der Waals surface area contributed by atoms with Crippen molar-refractivity contribution in [3.63, 3.8) is 0 Å². The number of nitrogens with two attached hydrogens (primary N) is 2. The van der Waals surface area contributed by atoms with Crippen LogP contribution in [0, 0.1) is 129 Å². The molecule has 37 heteroatoms. The van der Waals surface area contributed by atoms with Crippen LogP contribution in [-0.2, 0) is 80.1 Å². The standard InChI is InChI=1S/C17H27BN2O3.C15H24BNO2.C12H11NO2.C12H15N.C10H18BNO4.C7H13BN2O3.C5H9N.C5H4O3.CH4O3S.4CH4.2ClH.HI/c1-16(2)11-3-4-17(13(16)6-11)9-22-18(23-17)15-12-5-10(12)8-20(15)14(21)7-19;1-14(2)10-3-4-15(12(14)6-10)8-18-16(19-15)13-11-5-9(11)7-17-13;14-11-9-6-10(9)12(15)13(11)7-8-4-2-1-3-5-8;1-2-4-10(5-3-1)7-13-8-11-6-12(11)9-13;1-10(2,3)16-9(13)12-5-6-4-7(6)8(12)11(14)15;9-2-6(11)10-3-4-1-5(4)7(10)8(12)13;1-4-2-6-3-5(1)4;6-4-2-1-3(2)5(7)8-4;1-5(2,3)4;;;;;;;/h10-13,15H,3-9,19H2,1-2H3;9-13,17H,3-8H2,1-2H3;1-5,9-10H,6-7H2;1-5,11-12H,6-9H2;6-8,14-15H,4-5H2,1-3H3;4-5,7,12-13H,1-3,9H2;4-6H,1-3H2;2-3H,1H2;1H3,(H,2,3,4);4*1H4;3*1H/p+1. The third-order valence-electron chi connectivity index (χ3n) is 31.5.